The first-order valence-electron chi connectivity index (χ1n) is 11.1. The highest BCUT2D eigenvalue weighted by Crippen LogP contribution is 2.37. The first kappa shape index (κ1) is 21.9. The lowest BCUT2D eigenvalue weighted by atomic mass is 9.85. The van der Waals surface area contributed by atoms with Gasteiger partial charge in [-0.2, -0.15) is 0 Å². The molecule has 0 spiro atoms. The van der Waals surface area contributed by atoms with Crippen LogP contribution in [-0.4, -0.2) is 43.2 Å². The summed E-state index contributed by atoms with van der Waals surface area (Å²) >= 11 is 0. The topological polar surface area (TPSA) is 97.2 Å². The molecule has 2 aliphatic rings. The maximum Gasteiger partial charge on any atom is 0.243 e. The molecule has 0 radical (unpaired) electrons. The highest BCUT2D eigenvalue weighted by molar-refractivity contribution is 6.08. The van der Waals surface area contributed by atoms with Crippen LogP contribution < -0.4 is 5.32 Å². The standard InChI is InChI=1S/C24H29N5O3/c1-15(2)12-20(29-23(31)18-6-4-5-7-19(18)24(29)32)22(30)27-14-17-8-9-26-21(13-17)28-11-10-25-16(28)3/h4-5,8-11,13,15,18-20H,6-7,12,14H2,1-3H3,(H,27,30)/t18-,19+,20-/m0/s1. The Morgan fingerprint density at radius 3 is 2.41 bits per heavy atom. The molecule has 168 valence electrons. The van der Waals surface area contributed by atoms with Gasteiger partial charge < -0.3 is 5.32 Å². The molecule has 0 aromatic carbocycles. The largest absolute Gasteiger partial charge is 0.350 e. The molecule has 0 unspecified atom stereocenters. The average molecular weight is 436 g/mol. The van der Waals surface area contributed by atoms with Crippen molar-refractivity contribution in [3.8, 4) is 5.82 Å². The van der Waals surface area contributed by atoms with Crippen molar-refractivity contribution >= 4 is 17.7 Å². The van der Waals surface area contributed by atoms with Crippen LogP contribution in [0.4, 0.5) is 0 Å². The molecule has 1 aliphatic heterocycles. The number of likely N-dealkylation sites (tertiary alicyclic amines) is 1. The first-order valence-corrected chi connectivity index (χ1v) is 11.1. The number of aromatic nitrogens is 3. The number of imidazole rings is 1. The van der Waals surface area contributed by atoms with Crippen molar-refractivity contribution < 1.29 is 14.4 Å². The molecule has 1 N–H and O–H groups in total. The number of imide groups is 1. The van der Waals surface area contributed by atoms with Gasteiger partial charge in [-0.3, -0.25) is 23.9 Å². The van der Waals surface area contributed by atoms with E-state index in [1.54, 1.807) is 12.4 Å². The van der Waals surface area contributed by atoms with Gasteiger partial charge in [0.25, 0.3) is 0 Å². The zero-order chi connectivity index (χ0) is 22.8. The summed E-state index contributed by atoms with van der Waals surface area (Å²) in [6.45, 7) is 6.15. The predicted octanol–water partition coefficient (Wildman–Crippen LogP) is 2.56. The van der Waals surface area contributed by atoms with Gasteiger partial charge in [0.2, 0.25) is 17.7 Å². The number of hydrogen-bond acceptors (Lipinski definition) is 5. The smallest absolute Gasteiger partial charge is 0.243 e. The van der Waals surface area contributed by atoms with Gasteiger partial charge in [-0.25, -0.2) is 9.97 Å². The van der Waals surface area contributed by atoms with E-state index in [1.165, 1.54) is 4.90 Å². The third-order valence-corrected chi connectivity index (χ3v) is 6.20. The van der Waals surface area contributed by atoms with Crippen LogP contribution in [0.5, 0.6) is 0 Å². The van der Waals surface area contributed by atoms with Crippen LogP contribution in [0.2, 0.25) is 0 Å². The van der Waals surface area contributed by atoms with Gasteiger partial charge in [0.1, 0.15) is 17.7 Å². The Hall–Kier alpha value is -3.29. The maximum absolute atomic E-state index is 13.2. The predicted molar refractivity (Wildman–Crippen MR) is 118 cm³/mol. The highest BCUT2D eigenvalue weighted by atomic mass is 16.2. The SMILES string of the molecule is Cc1nccn1-c1cc(CNC(=O)[C@H](CC(C)C)N2C(=O)[C@H]3CC=CC[C@H]3C2=O)ccn1. The normalized spacial score (nSPS) is 21.2. The van der Waals surface area contributed by atoms with E-state index in [2.05, 4.69) is 15.3 Å². The summed E-state index contributed by atoms with van der Waals surface area (Å²) < 4.78 is 1.87. The second-order valence-electron chi connectivity index (χ2n) is 8.93. The lowest BCUT2D eigenvalue weighted by Crippen LogP contribution is -2.50. The summed E-state index contributed by atoms with van der Waals surface area (Å²) in [5.74, 6) is 0.281. The average Bonchev–Trinajstić information content (AvgIpc) is 3.32. The molecular formula is C24H29N5O3. The van der Waals surface area contributed by atoms with E-state index in [1.807, 2.05) is 55.8 Å². The molecule has 2 aromatic rings. The highest BCUT2D eigenvalue weighted by Gasteiger charge is 2.51. The van der Waals surface area contributed by atoms with Crippen molar-refractivity contribution in [2.24, 2.45) is 17.8 Å². The number of nitrogens with zero attached hydrogens (tertiary/aromatic N) is 4. The zero-order valence-electron chi connectivity index (χ0n) is 18.7. The molecule has 1 saturated heterocycles. The van der Waals surface area contributed by atoms with E-state index in [9.17, 15) is 14.4 Å². The van der Waals surface area contributed by atoms with Crippen LogP contribution in [0.25, 0.3) is 5.82 Å². The van der Waals surface area contributed by atoms with Gasteiger partial charge in [-0.1, -0.05) is 26.0 Å². The molecule has 0 bridgehead atoms. The minimum atomic E-state index is -0.794. The molecule has 0 saturated carbocycles. The van der Waals surface area contributed by atoms with Crippen molar-refractivity contribution in [2.45, 2.75) is 52.6 Å². The summed E-state index contributed by atoms with van der Waals surface area (Å²) in [7, 11) is 0. The fraction of sp³-hybridized carbons (Fsp3) is 0.458. The Morgan fingerprint density at radius 1 is 1.12 bits per heavy atom. The summed E-state index contributed by atoms with van der Waals surface area (Å²) in [5.41, 5.74) is 0.872. The van der Waals surface area contributed by atoms with Gasteiger partial charge in [0.05, 0.1) is 11.8 Å². The quantitative estimate of drug-likeness (QED) is 0.533. The Morgan fingerprint density at radius 2 is 1.81 bits per heavy atom. The third-order valence-electron chi connectivity index (χ3n) is 6.20. The van der Waals surface area contributed by atoms with Crippen molar-refractivity contribution in [1.82, 2.24) is 24.8 Å². The zero-order valence-corrected chi connectivity index (χ0v) is 18.7. The Balaban J connectivity index is 1.49. The molecule has 4 rings (SSSR count). The molecule has 3 amide bonds. The van der Waals surface area contributed by atoms with Gasteiger partial charge in [0, 0.05) is 25.1 Å². The number of allylic oxidation sites excluding steroid dienone is 2. The first-order chi connectivity index (χ1) is 15.4. The number of nitrogens with one attached hydrogen (secondary N) is 1. The Kier molecular flexibility index (Phi) is 6.21. The summed E-state index contributed by atoms with van der Waals surface area (Å²) in [6.07, 6.45) is 10.7. The monoisotopic (exact) mass is 435 g/mol. The molecular weight excluding hydrogens is 406 g/mol. The molecule has 3 atom stereocenters. The number of carbonyl (C=O) groups is 3. The van der Waals surface area contributed by atoms with E-state index in [-0.39, 0.29) is 42.0 Å². The van der Waals surface area contributed by atoms with Crippen LogP contribution in [0.1, 0.15) is 44.5 Å². The van der Waals surface area contributed by atoms with E-state index < -0.39 is 6.04 Å². The van der Waals surface area contributed by atoms with Crippen molar-refractivity contribution in [1.29, 1.82) is 0 Å². The van der Waals surface area contributed by atoms with Crippen LogP contribution in [0.3, 0.4) is 0 Å². The molecule has 8 nitrogen and oxygen atoms in total. The van der Waals surface area contributed by atoms with Crippen LogP contribution in [0.15, 0.2) is 42.9 Å². The van der Waals surface area contributed by atoms with E-state index >= 15 is 0 Å². The second-order valence-corrected chi connectivity index (χ2v) is 8.93. The number of fused-ring (bicyclic) bond motifs is 1. The Bertz CT molecular complexity index is 1030. The maximum atomic E-state index is 13.2. The molecule has 1 aliphatic carbocycles. The number of pyridine rings is 1. The third kappa shape index (κ3) is 4.22. The van der Waals surface area contributed by atoms with Crippen molar-refractivity contribution in [3.63, 3.8) is 0 Å². The summed E-state index contributed by atoms with van der Waals surface area (Å²) in [6, 6.07) is 2.93. The molecule has 8 heteroatoms. The van der Waals surface area contributed by atoms with Crippen LogP contribution in [0, 0.1) is 24.7 Å². The van der Waals surface area contributed by atoms with Crippen LogP contribution in [-0.2, 0) is 20.9 Å². The summed E-state index contributed by atoms with van der Waals surface area (Å²) in [4.78, 5) is 49.1. The second kappa shape index (κ2) is 9.06. The lowest BCUT2D eigenvalue weighted by molar-refractivity contribution is -0.148. The molecule has 32 heavy (non-hydrogen) atoms. The number of aryl methyl sites for hydroxylation is 1. The number of hydrogen-bond donors (Lipinski definition) is 1. The van der Waals surface area contributed by atoms with Gasteiger partial charge in [-0.15, -0.1) is 0 Å². The minimum Gasteiger partial charge on any atom is -0.350 e. The minimum absolute atomic E-state index is 0.156. The molecule has 1 fully saturated rings. The van der Waals surface area contributed by atoms with Gasteiger partial charge >= 0.3 is 0 Å². The molecule has 2 aromatic heterocycles. The lowest BCUT2D eigenvalue weighted by Gasteiger charge is -2.27. The molecule has 3 heterocycles. The fourth-order valence-electron chi connectivity index (χ4n) is 4.54. The number of amides is 3. The Labute approximate surface area is 187 Å². The van der Waals surface area contributed by atoms with Crippen molar-refractivity contribution in [2.75, 3.05) is 0 Å². The van der Waals surface area contributed by atoms with Crippen molar-refractivity contribution in [3.05, 3.63) is 54.3 Å². The van der Waals surface area contributed by atoms with Crippen LogP contribution >= 0.6 is 0 Å². The van der Waals surface area contributed by atoms with Gasteiger partial charge in [0.15, 0.2) is 0 Å². The number of rotatable bonds is 7. The van der Waals surface area contributed by atoms with E-state index in [0.717, 1.165) is 11.4 Å². The van der Waals surface area contributed by atoms with E-state index in [0.29, 0.717) is 25.1 Å². The summed E-state index contributed by atoms with van der Waals surface area (Å²) in [5, 5.41) is 2.94. The number of carbonyl (C=O) groups excluding carboxylic acids is 3. The fourth-order valence-corrected chi connectivity index (χ4v) is 4.54. The van der Waals surface area contributed by atoms with E-state index in [4.69, 9.17) is 0 Å². The van der Waals surface area contributed by atoms with Gasteiger partial charge in [-0.05, 0) is 49.8 Å².